The van der Waals surface area contributed by atoms with Gasteiger partial charge >= 0.3 is 0 Å². The van der Waals surface area contributed by atoms with E-state index in [1.165, 1.54) is 33.4 Å². The number of rotatable bonds is 9. The average molecular weight is 477 g/mol. The van der Waals surface area contributed by atoms with Crippen LogP contribution in [0.1, 0.15) is 47.2 Å². The Bertz CT molecular complexity index is 1270. The highest BCUT2D eigenvalue weighted by Crippen LogP contribution is 2.33. The third-order valence-electron chi connectivity index (χ3n) is 7.57. The summed E-state index contributed by atoms with van der Waals surface area (Å²) in [4.78, 5) is 7.60. The lowest BCUT2D eigenvalue weighted by Gasteiger charge is -2.29. The molecule has 36 heavy (non-hydrogen) atoms. The first-order valence-electron chi connectivity index (χ1n) is 13.2. The van der Waals surface area contributed by atoms with Gasteiger partial charge in [-0.05, 0) is 53.5 Å². The van der Waals surface area contributed by atoms with Crippen molar-refractivity contribution in [3.63, 3.8) is 0 Å². The smallest absolute Gasteiger partial charge is 0.127 e. The molecule has 0 spiro atoms. The highest BCUT2D eigenvalue weighted by atomic mass is 16.5. The van der Waals surface area contributed by atoms with Crippen LogP contribution < -0.4 is 4.74 Å². The highest BCUT2D eigenvalue weighted by Gasteiger charge is 2.28. The van der Waals surface area contributed by atoms with Crippen LogP contribution in [-0.2, 0) is 38.8 Å². The summed E-state index contributed by atoms with van der Waals surface area (Å²) < 4.78 is 5.96. The van der Waals surface area contributed by atoms with Crippen molar-refractivity contribution in [1.29, 1.82) is 0 Å². The van der Waals surface area contributed by atoms with Crippen LogP contribution in [0.25, 0.3) is 11.3 Å². The summed E-state index contributed by atoms with van der Waals surface area (Å²) >= 11 is 0. The lowest BCUT2D eigenvalue weighted by atomic mass is 9.94. The number of benzene rings is 3. The van der Waals surface area contributed by atoms with Gasteiger partial charge < -0.3 is 4.74 Å². The summed E-state index contributed by atoms with van der Waals surface area (Å²) in [5.74, 6) is 0.918. The summed E-state index contributed by atoms with van der Waals surface area (Å²) in [6, 6.07) is 28.9. The van der Waals surface area contributed by atoms with E-state index < -0.39 is 0 Å². The third kappa shape index (κ3) is 5.08. The lowest BCUT2D eigenvalue weighted by molar-refractivity contribution is 0.181. The maximum absolute atomic E-state index is 5.96. The number of fused-ring (bicyclic) bond motifs is 1. The minimum Gasteiger partial charge on any atom is -0.496 e. The summed E-state index contributed by atoms with van der Waals surface area (Å²) in [6.45, 7) is 6.14. The van der Waals surface area contributed by atoms with Gasteiger partial charge in [0.15, 0.2) is 0 Å². The quantitative estimate of drug-likeness (QED) is 0.259. The molecule has 0 fully saturated rings. The van der Waals surface area contributed by atoms with E-state index in [2.05, 4.69) is 97.6 Å². The fourth-order valence-corrected chi connectivity index (χ4v) is 5.63. The molecule has 0 aliphatic heterocycles. The maximum atomic E-state index is 5.96. The molecule has 4 aromatic rings. The van der Waals surface area contributed by atoms with Crippen molar-refractivity contribution in [3.8, 4) is 17.0 Å². The zero-order valence-corrected chi connectivity index (χ0v) is 21.7. The fraction of sp³-hybridized carbons (Fsp3) is 0.303. The van der Waals surface area contributed by atoms with Crippen molar-refractivity contribution >= 4 is 0 Å². The molecule has 0 atom stereocenters. The zero-order valence-electron chi connectivity index (χ0n) is 21.7. The molecule has 3 aromatic carbocycles. The second-order valence-corrected chi connectivity index (χ2v) is 9.76. The molecule has 3 heteroatoms. The van der Waals surface area contributed by atoms with Crippen LogP contribution in [0.2, 0.25) is 0 Å². The van der Waals surface area contributed by atoms with Gasteiger partial charge in [0.25, 0.3) is 0 Å². The van der Waals surface area contributed by atoms with Crippen molar-refractivity contribution in [2.24, 2.45) is 0 Å². The Labute approximate surface area is 215 Å². The Morgan fingerprint density at radius 3 is 2.03 bits per heavy atom. The number of aromatic nitrogens is 1. The first-order chi connectivity index (χ1) is 17.7. The number of nitrogens with zero attached hydrogens (tertiary/aromatic N) is 2. The zero-order chi connectivity index (χ0) is 24.9. The van der Waals surface area contributed by atoms with Crippen molar-refractivity contribution < 1.29 is 4.74 Å². The van der Waals surface area contributed by atoms with Crippen LogP contribution >= 0.6 is 0 Å². The molecule has 0 saturated heterocycles. The normalized spacial score (nSPS) is 13.2. The Morgan fingerprint density at radius 1 is 0.778 bits per heavy atom. The summed E-state index contributed by atoms with van der Waals surface area (Å²) in [6.07, 6.45) is 6.19. The molecule has 0 N–H and O–H groups in total. The van der Waals surface area contributed by atoms with Gasteiger partial charge in [0.05, 0.1) is 12.8 Å². The van der Waals surface area contributed by atoms with E-state index in [0.717, 1.165) is 55.8 Å². The van der Waals surface area contributed by atoms with Crippen molar-refractivity contribution in [2.75, 3.05) is 7.11 Å². The molecule has 1 heterocycles. The highest BCUT2D eigenvalue weighted by molar-refractivity contribution is 5.69. The van der Waals surface area contributed by atoms with E-state index in [1.807, 2.05) is 6.20 Å². The van der Waals surface area contributed by atoms with Crippen LogP contribution in [0.3, 0.4) is 0 Å². The summed E-state index contributed by atoms with van der Waals surface area (Å²) in [7, 11) is 1.78. The fourth-order valence-electron chi connectivity index (χ4n) is 5.63. The Kier molecular flexibility index (Phi) is 7.48. The standard InChI is InChI=1S/C33H36N2O/c1-4-25-16-11-17-26(5-2)33(25)31-20-32(36-3)29(21-34-31)23-35(22-24-12-7-6-8-13-24)30-18-27-14-9-10-15-28(27)19-30/h6-17,20-21,30H,4-5,18-19,22-23H2,1-3H3. The van der Waals surface area contributed by atoms with Crippen molar-refractivity contribution in [3.05, 3.63) is 118 Å². The van der Waals surface area contributed by atoms with Crippen LogP contribution in [0.4, 0.5) is 0 Å². The van der Waals surface area contributed by atoms with Gasteiger partial charge in [0.1, 0.15) is 5.75 Å². The van der Waals surface area contributed by atoms with Gasteiger partial charge in [0, 0.05) is 42.5 Å². The number of methoxy groups -OCH3 is 1. The van der Waals surface area contributed by atoms with Gasteiger partial charge in [-0.3, -0.25) is 9.88 Å². The average Bonchev–Trinajstić information content (AvgIpc) is 3.37. The summed E-state index contributed by atoms with van der Waals surface area (Å²) in [5.41, 5.74) is 10.4. The van der Waals surface area contributed by atoms with Crippen LogP contribution in [0, 0.1) is 0 Å². The second kappa shape index (κ2) is 11.1. The van der Waals surface area contributed by atoms with E-state index in [9.17, 15) is 0 Å². The van der Waals surface area contributed by atoms with Crippen molar-refractivity contribution in [2.45, 2.75) is 58.7 Å². The minimum atomic E-state index is 0.458. The molecule has 0 saturated carbocycles. The largest absolute Gasteiger partial charge is 0.496 e. The molecule has 5 rings (SSSR count). The van der Waals surface area contributed by atoms with Gasteiger partial charge in [-0.25, -0.2) is 0 Å². The molecule has 0 radical (unpaired) electrons. The van der Waals surface area contributed by atoms with Crippen LogP contribution in [0.5, 0.6) is 5.75 Å². The number of ether oxygens (including phenoxy) is 1. The van der Waals surface area contributed by atoms with E-state index in [-0.39, 0.29) is 0 Å². The van der Waals surface area contributed by atoms with E-state index in [1.54, 1.807) is 7.11 Å². The minimum absolute atomic E-state index is 0.458. The SMILES string of the molecule is CCc1cccc(CC)c1-c1cc(OC)c(CN(Cc2ccccc2)C2Cc3ccccc3C2)cn1. The third-order valence-corrected chi connectivity index (χ3v) is 7.57. The van der Waals surface area contributed by atoms with E-state index in [4.69, 9.17) is 9.72 Å². The molecule has 0 bridgehead atoms. The molecule has 1 aliphatic carbocycles. The molecule has 3 nitrogen and oxygen atoms in total. The Balaban J connectivity index is 1.47. The lowest BCUT2D eigenvalue weighted by Crippen LogP contribution is -2.35. The van der Waals surface area contributed by atoms with E-state index in [0.29, 0.717) is 6.04 Å². The van der Waals surface area contributed by atoms with Gasteiger partial charge in [0.2, 0.25) is 0 Å². The van der Waals surface area contributed by atoms with Gasteiger partial charge in [-0.1, -0.05) is 86.6 Å². The molecule has 184 valence electrons. The number of hydrogen-bond acceptors (Lipinski definition) is 3. The maximum Gasteiger partial charge on any atom is 0.127 e. The molecule has 1 aromatic heterocycles. The molecule has 0 unspecified atom stereocenters. The second-order valence-electron chi connectivity index (χ2n) is 9.76. The Hall–Kier alpha value is -3.43. The first-order valence-corrected chi connectivity index (χ1v) is 13.2. The predicted molar refractivity (Wildman–Crippen MR) is 148 cm³/mol. The number of aryl methyl sites for hydroxylation is 2. The molecule has 0 amide bonds. The van der Waals surface area contributed by atoms with Crippen LogP contribution in [0.15, 0.2) is 85.1 Å². The number of pyridine rings is 1. The molecular weight excluding hydrogens is 440 g/mol. The topological polar surface area (TPSA) is 25.4 Å². The molecular formula is C33H36N2O. The first kappa shape index (κ1) is 24.3. The predicted octanol–water partition coefficient (Wildman–Crippen LogP) is 7.05. The van der Waals surface area contributed by atoms with Crippen molar-refractivity contribution in [1.82, 2.24) is 9.88 Å². The van der Waals surface area contributed by atoms with Gasteiger partial charge in [-0.2, -0.15) is 0 Å². The van der Waals surface area contributed by atoms with Crippen LogP contribution in [-0.4, -0.2) is 23.0 Å². The Morgan fingerprint density at radius 2 is 1.42 bits per heavy atom. The van der Waals surface area contributed by atoms with Gasteiger partial charge in [-0.15, -0.1) is 0 Å². The molecule has 1 aliphatic rings. The summed E-state index contributed by atoms with van der Waals surface area (Å²) in [5, 5.41) is 0. The monoisotopic (exact) mass is 476 g/mol. The van der Waals surface area contributed by atoms with E-state index >= 15 is 0 Å². The number of hydrogen-bond donors (Lipinski definition) is 0.